The molecule has 20 heavy (non-hydrogen) atoms. The van der Waals surface area contributed by atoms with Gasteiger partial charge in [0.2, 0.25) is 5.91 Å². The van der Waals surface area contributed by atoms with Crippen molar-refractivity contribution in [3.05, 3.63) is 28.3 Å². The van der Waals surface area contributed by atoms with Crippen LogP contribution >= 0.6 is 0 Å². The second kappa shape index (κ2) is 5.87. The predicted octanol–water partition coefficient (Wildman–Crippen LogP) is 1.63. The zero-order valence-electron chi connectivity index (χ0n) is 11.1. The minimum Gasteiger partial charge on any atom is -0.506 e. The third-order valence-corrected chi connectivity index (χ3v) is 3.50. The van der Waals surface area contributed by atoms with Crippen LogP contribution in [0.4, 0.5) is 11.4 Å². The molecule has 1 aliphatic rings. The standard InChI is InChI=1S/C13H17N3O4/c1-8-3-2-6-14-12(8)13(18)15-10-5-4-9(16(19)20)7-11(10)17/h4-5,7-8,12,14,17H,2-3,6H2,1H3,(H,15,18). The van der Waals surface area contributed by atoms with Crippen molar-refractivity contribution in [2.75, 3.05) is 11.9 Å². The molecule has 0 aliphatic carbocycles. The fourth-order valence-electron chi connectivity index (χ4n) is 2.35. The van der Waals surface area contributed by atoms with E-state index in [1.165, 1.54) is 12.1 Å². The maximum Gasteiger partial charge on any atom is 0.273 e. The van der Waals surface area contributed by atoms with Crippen LogP contribution in [0.2, 0.25) is 0 Å². The summed E-state index contributed by atoms with van der Waals surface area (Å²) < 4.78 is 0. The van der Waals surface area contributed by atoms with Gasteiger partial charge in [0, 0.05) is 6.07 Å². The Hall–Kier alpha value is -2.15. The molecular formula is C13H17N3O4. The molecule has 1 saturated heterocycles. The van der Waals surface area contributed by atoms with E-state index in [2.05, 4.69) is 10.6 Å². The van der Waals surface area contributed by atoms with Gasteiger partial charge in [-0.05, 0) is 31.4 Å². The molecule has 0 bridgehead atoms. The number of carbonyl (C=O) groups excluding carboxylic acids is 1. The lowest BCUT2D eigenvalue weighted by Gasteiger charge is -2.28. The van der Waals surface area contributed by atoms with Gasteiger partial charge in [-0.25, -0.2) is 0 Å². The Kier molecular flexibility index (Phi) is 4.19. The number of amides is 1. The van der Waals surface area contributed by atoms with Crippen LogP contribution < -0.4 is 10.6 Å². The number of non-ortho nitro benzene ring substituents is 1. The third kappa shape index (κ3) is 3.05. The number of hydrogen-bond donors (Lipinski definition) is 3. The molecule has 7 nitrogen and oxygen atoms in total. The van der Waals surface area contributed by atoms with E-state index in [0.717, 1.165) is 25.5 Å². The van der Waals surface area contributed by atoms with Gasteiger partial charge >= 0.3 is 0 Å². The Balaban J connectivity index is 2.09. The lowest BCUT2D eigenvalue weighted by Crippen LogP contribution is -2.48. The molecule has 1 aromatic rings. The molecule has 2 rings (SSSR count). The van der Waals surface area contributed by atoms with Gasteiger partial charge in [-0.2, -0.15) is 0 Å². The first kappa shape index (κ1) is 14.3. The summed E-state index contributed by atoms with van der Waals surface area (Å²) in [6.07, 6.45) is 2.01. The quantitative estimate of drug-likeness (QED) is 0.443. The van der Waals surface area contributed by atoms with Crippen LogP contribution in [-0.2, 0) is 4.79 Å². The summed E-state index contributed by atoms with van der Waals surface area (Å²) in [4.78, 5) is 22.1. The van der Waals surface area contributed by atoms with Crippen molar-refractivity contribution in [2.24, 2.45) is 5.92 Å². The van der Waals surface area contributed by atoms with Crippen molar-refractivity contribution < 1.29 is 14.8 Å². The molecule has 108 valence electrons. The first-order valence-electron chi connectivity index (χ1n) is 6.50. The van der Waals surface area contributed by atoms with Gasteiger partial charge in [0.1, 0.15) is 5.75 Å². The lowest BCUT2D eigenvalue weighted by atomic mass is 9.92. The van der Waals surface area contributed by atoms with Crippen LogP contribution in [0.3, 0.4) is 0 Å². The Morgan fingerprint density at radius 2 is 2.30 bits per heavy atom. The Morgan fingerprint density at radius 3 is 2.90 bits per heavy atom. The van der Waals surface area contributed by atoms with Crippen molar-refractivity contribution in [2.45, 2.75) is 25.8 Å². The zero-order valence-corrected chi connectivity index (χ0v) is 11.1. The minimum atomic E-state index is -0.601. The van der Waals surface area contributed by atoms with Crippen LogP contribution in [0.5, 0.6) is 5.75 Å². The second-order valence-electron chi connectivity index (χ2n) is 5.00. The van der Waals surface area contributed by atoms with Crippen molar-refractivity contribution in [1.29, 1.82) is 0 Å². The van der Waals surface area contributed by atoms with E-state index >= 15 is 0 Å². The van der Waals surface area contributed by atoms with E-state index in [-0.39, 0.29) is 35.0 Å². The van der Waals surface area contributed by atoms with Crippen molar-refractivity contribution >= 4 is 17.3 Å². The van der Waals surface area contributed by atoms with Crippen LogP contribution in [0.25, 0.3) is 0 Å². The minimum absolute atomic E-state index is 0.181. The summed E-state index contributed by atoms with van der Waals surface area (Å²) in [5.41, 5.74) is -0.0372. The highest BCUT2D eigenvalue weighted by molar-refractivity contribution is 5.96. The summed E-state index contributed by atoms with van der Waals surface area (Å²) >= 11 is 0. The Morgan fingerprint density at radius 1 is 1.55 bits per heavy atom. The largest absolute Gasteiger partial charge is 0.506 e. The number of nitro groups is 1. The molecule has 0 spiro atoms. The van der Waals surface area contributed by atoms with Gasteiger partial charge in [0.25, 0.3) is 5.69 Å². The number of phenolic OH excluding ortho intramolecular Hbond substituents is 1. The number of rotatable bonds is 3. The normalized spacial score (nSPS) is 22.2. The fraction of sp³-hybridized carbons (Fsp3) is 0.462. The number of hydrogen-bond acceptors (Lipinski definition) is 5. The van der Waals surface area contributed by atoms with Gasteiger partial charge in [0.05, 0.1) is 22.7 Å². The molecule has 0 radical (unpaired) electrons. The Bertz CT molecular complexity index is 532. The van der Waals surface area contributed by atoms with E-state index < -0.39 is 4.92 Å². The summed E-state index contributed by atoms with van der Waals surface area (Å²) in [6.45, 7) is 2.78. The zero-order chi connectivity index (χ0) is 14.7. The molecule has 1 aliphatic heterocycles. The van der Waals surface area contributed by atoms with Gasteiger partial charge in [0.15, 0.2) is 0 Å². The number of benzene rings is 1. The number of aromatic hydroxyl groups is 1. The first-order chi connectivity index (χ1) is 9.49. The molecule has 1 heterocycles. The summed E-state index contributed by atoms with van der Waals surface area (Å²) in [6, 6.07) is 3.29. The Labute approximate surface area is 116 Å². The van der Waals surface area contributed by atoms with E-state index in [4.69, 9.17) is 0 Å². The first-order valence-corrected chi connectivity index (χ1v) is 6.50. The molecule has 2 unspecified atom stereocenters. The van der Waals surface area contributed by atoms with Gasteiger partial charge in [-0.1, -0.05) is 6.92 Å². The molecule has 1 fully saturated rings. The maximum absolute atomic E-state index is 12.1. The average molecular weight is 279 g/mol. The number of phenols is 1. The summed E-state index contributed by atoms with van der Waals surface area (Å²) in [5, 5.41) is 26.0. The molecule has 7 heteroatoms. The number of anilines is 1. The highest BCUT2D eigenvalue weighted by Gasteiger charge is 2.27. The number of piperidine rings is 1. The van der Waals surface area contributed by atoms with E-state index in [9.17, 15) is 20.0 Å². The number of nitro benzene ring substituents is 1. The van der Waals surface area contributed by atoms with Gasteiger partial charge < -0.3 is 15.7 Å². The average Bonchev–Trinajstić information content (AvgIpc) is 2.41. The third-order valence-electron chi connectivity index (χ3n) is 3.50. The molecule has 0 saturated carbocycles. The molecule has 2 atom stereocenters. The number of nitrogens with one attached hydrogen (secondary N) is 2. The van der Waals surface area contributed by atoms with E-state index in [1.807, 2.05) is 6.92 Å². The monoisotopic (exact) mass is 279 g/mol. The topological polar surface area (TPSA) is 104 Å². The SMILES string of the molecule is CC1CCCNC1C(=O)Nc1ccc([N+](=O)[O-])cc1O. The van der Waals surface area contributed by atoms with Crippen molar-refractivity contribution in [3.63, 3.8) is 0 Å². The van der Waals surface area contributed by atoms with Gasteiger partial charge in [-0.15, -0.1) is 0 Å². The molecule has 0 aromatic heterocycles. The number of carbonyl (C=O) groups is 1. The molecular weight excluding hydrogens is 262 g/mol. The fourth-order valence-corrected chi connectivity index (χ4v) is 2.35. The number of nitrogens with zero attached hydrogens (tertiary/aromatic N) is 1. The van der Waals surface area contributed by atoms with Crippen molar-refractivity contribution in [3.8, 4) is 5.75 Å². The molecule has 1 aromatic carbocycles. The highest BCUT2D eigenvalue weighted by atomic mass is 16.6. The lowest BCUT2D eigenvalue weighted by molar-refractivity contribution is -0.384. The van der Waals surface area contributed by atoms with E-state index in [1.54, 1.807) is 0 Å². The highest BCUT2D eigenvalue weighted by Crippen LogP contribution is 2.28. The van der Waals surface area contributed by atoms with E-state index in [0.29, 0.717) is 0 Å². The van der Waals surface area contributed by atoms with Crippen LogP contribution in [0.15, 0.2) is 18.2 Å². The van der Waals surface area contributed by atoms with Crippen LogP contribution in [-0.4, -0.2) is 28.5 Å². The smallest absolute Gasteiger partial charge is 0.273 e. The predicted molar refractivity (Wildman–Crippen MR) is 73.6 cm³/mol. The summed E-state index contributed by atoms with van der Waals surface area (Å²) in [5.74, 6) is -0.332. The second-order valence-corrected chi connectivity index (χ2v) is 5.00. The van der Waals surface area contributed by atoms with Crippen LogP contribution in [0.1, 0.15) is 19.8 Å². The van der Waals surface area contributed by atoms with Crippen LogP contribution in [0, 0.1) is 16.0 Å². The summed E-state index contributed by atoms with van der Waals surface area (Å²) in [7, 11) is 0. The molecule has 1 amide bonds. The van der Waals surface area contributed by atoms with Crippen molar-refractivity contribution in [1.82, 2.24) is 5.32 Å². The van der Waals surface area contributed by atoms with Gasteiger partial charge in [-0.3, -0.25) is 14.9 Å². The maximum atomic E-state index is 12.1. The molecule has 3 N–H and O–H groups in total.